The molecule has 4 heteroatoms. The van der Waals surface area contributed by atoms with Gasteiger partial charge in [0.25, 0.3) is 0 Å². The van der Waals surface area contributed by atoms with E-state index in [1.807, 2.05) is 6.92 Å². The summed E-state index contributed by atoms with van der Waals surface area (Å²) >= 11 is 5.47. The zero-order valence-electron chi connectivity index (χ0n) is 7.43. The highest BCUT2D eigenvalue weighted by Crippen LogP contribution is 2.12. The molecule has 0 bridgehead atoms. The van der Waals surface area contributed by atoms with Crippen LogP contribution in [-0.2, 0) is 0 Å². The van der Waals surface area contributed by atoms with Gasteiger partial charge in [-0.25, -0.2) is 9.38 Å². The second-order valence-electron chi connectivity index (χ2n) is 2.61. The second-order valence-corrected chi connectivity index (χ2v) is 2.95. The monoisotopic (exact) mass is 192 g/mol. The number of aliphatic imine (C=N–C) groups is 2. The van der Waals surface area contributed by atoms with E-state index in [-0.39, 0.29) is 11.2 Å². The van der Waals surface area contributed by atoms with E-state index in [2.05, 4.69) is 16.7 Å². The van der Waals surface area contributed by atoms with Gasteiger partial charge in [0.2, 0.25) is 5.29 Å². The zero-order valence-corrected chi connectivity index (χ0v) is 8.18. The van der Waals surface area contributed by atoms with E-state index in [4.69, 9.17) is 11.6 Å². The van der Waals surface area contributed by atoms with Gasteiger partial charge < -0.3 is 0 Å². The molecule has 0 amide bonds. The lowest BCUT2D eigenvalue weighted by Gasteiger charge is -2.12. The van der Waals surface area contributed by atoms with Gasteiger partial charge in [0.1, 0.15) is 6.17 Å². The van der Waals surface area contributed by atoms with Gasteiger partial charge in [-0.05, 0) is 31.7 Å². The first kappa shape index (κ1) is 11.6. The molecule has 0 aromatic rings. The molecule has 2 nitrogen and oxygen atoms in total. The highest BCUT2D eigenvalue weighted by molar-refractivity contribution is 6.65. The molecule has 2 atom stereocenters. The SMILES string of the molecule is C=N/C(Cl)=N\C[C@@H](CC)[C@@H](C)F. The summed E-state index contributed by atoms with van der Waals surface area (Å²) in [7, 11) is 0. The first-order valence-electron chi connectivity index (χ1n) is 3.92. The van der Waals surface area contributed by atoms with E-state index in [1.165, 1.54) is 6.92 Å². The summed E-state index contributed by atoms with van der Waals surface area (Å²) in [5.41, 5.74) is 0. The molecule has 0 unspecified atom stereocenters. The smallest absolute Gasteiger partial charge is 0.217 e. The molecule has 12 heavy (non-hydrogen) atoms. The molecule has 0 rings (SSSR count). The summed E-state index contributed by atoms with van der Waals surface area (Å²) in [6, 6.07) is 0. The third kappa shape index (κ3) is 4.44. The topological polar surface area (TPSA) is 24.7 Å². The molecule has 0 aromatic carbocycles. The van der Waals surface area contributed by atoms with Gasteiger partial charge in [-0.15, -0.1) is 0 Å². The van der Waals surface area contributed by atoms with E-state index >= 15 is 0 Å². The Morgan fingerprint density at radius 2 is 2.25 bits per heavy atom. The normalized spacial score (nSPS) is 17.2. The van der Waals surface area contributed by atoms with Crippen LogP contribution in [0.5, 0.6) is 0 Å². The molecule has 0 aliphatic carbocycles. The summed E-state index contributed by atoms with van der Waals surface area (Å²) in [5, 5.41) is 0.106. The lowest BCUT2D eigenvalue weighted by Crippen LogP contribution is -2.15. The summed E-state index contributed by atoms with van der Waals surface area (Å²) in [5.74, 6) is -0.0690. The molecule has 0 saturated carbocycles. The predicted molar refractivity (Wildman–Crippen MR) is 52.1 cm³/mol. The minimum absolute atomic E-state index is 0.0690. The van der Waals surface area contributed by atoms with Crippen molar-refractivity contribution < 1.29 is 4.39 Å². The third-order valence-corrected chi connectivity index (χ3v) is 2.00. The first-order valence-corrected chi connectivity index (χ1v) is 4.30. The number of alkyl halides is 1. The van der Waals surface area contributed by atoms with Gasteiger partial charge in [-0.1, -0.05) is 6.92 Å². The number of hydrogen-bond acceptors (Lipinski definition) is 1. The standard InChI is InChI=1S/C8H14ClFN2/c1-4-7(6(2)10)5-12-8(9)11-3/h6-7H,3-5H2,1-2H3/b12-8-/t6-,7-/m1/s1. The van der Waals surface area contributed by atoms with E-state index < -0.39 is 6.17 Å². The van der Waals surface area contributed by atoms with Gasteiger partial charge in [0, 0.05) is 12.5 Å². The number of amidine groups is 1. The number of halogens is 2. The third-order valence-electron chi connectivity index (χ3n) is 1.76. The van der Waals surface area contributed by atoms with Crippen LogP contribution in [0.2, 0.25) is 0 Å². The summed E-state index contributed by atoms with van der Waals surface area (Å²) < 4.78 is 12.8. The predicted octanol–water partition coefficient (Wildman–Crippen LogP) is 2.67. The van der Waals surface area contributed by atoms with Crippen LogP contribution in [0.3, 0.4) is 0 Å². The van der Waals surface area contributed by atoms with Crippen molar-refractivity contribution in [2.45, 2.75) is 26.4 Å². The number of hydrogen-bond donors (Lipinski definition) is 0. The maximum absolute atomic E-state index is 12.8. The van der Waals surface area contributed by atoms with Crippen LogP contribution >= 0.6 is 11.6 Å². The molecule has 0 saturated heterocycles. The Morgan fingerprint density at radius 1 is 1.67 bits per heavy atom. The zero-order chi connectivity index (χ0) is 9.56. The summed E-state index contributed by atoms with van der Waals surface area (Å²) in [4.78, 5) is 7.25. The molecule has 0 radical (unpaired) electrons. The van der Waals surface area contributed by atoms with Crippen molar-refractivity contribution >= 4 is 23.6 Å². The van der Waals surface area contributed by atoms with Crippen LogP contribution in [0.4, 0.5) is 4.39 Å². The Morgan fingerprint density at radius 3 is 2.58 bits per heavy atom. The van der Waals surface area contributed by atoms with Crippen LogP contribution in [-0.4, -0.2) is 24.7 Å². The first-order chi connectivity index (χ1) is 5.61. The molecule has 0 fully saturated rings. The molecule has 0 heterocycles. The van der Waals surface area contributed by atoms with Gasteiger partial charge in [-0.3, -0.25) is 4.99 Å². The highest BCUT2D eigenvalue weighted by atomic mass is 35.5. The average molecular weight is 193 g/mol. The lowest BCUT2D eigenvalue weighted by atomic mass is 10.0. The largest absolute Gasteiger partial charge is 0.256 e. The Bertz CT molecular complexity index is 168. The van der Waals surface area contributed by atoms with E-state index in [0.717, 1.165) is 6.42 Å². The Balaban J connectivity index is 3.95. The minimum atomic E-state index is -0.854. The van der Waals surface area contributed by atoms with Crippen molar-refractivity contribution in [2.24, 2.45) is 15.9 Å². The molecule has 0 aliphatic rings. The number of rotatable bonds is 4. The molecular weight excluding hydrogens is 179 g/mol. The number of nitrogens with zero attached hydrogens (tertiary/aromatic N) is 2. The van der Waals surface area contributed by atoms with Crippen molar-refractivity contribution in [3.63, 3.8) is 0 Å². The maximum Gasteiger partial charge on any atom is 0.217 e. The Labute approximate surface area is 77.6 Å². The highest BCUT2D eigenvalue weighted by Gasteiger charge is 2.13. The summed E-state index contributed by atoms with van der Waals surface area (Å²) in [6.45, 7) is 7.03. The van der Waals surface area contributed by atoms with Gasteiger partial charge >= 0.3 is 0 Å². The Hall–Kier alpha value is -0.440. The van der Waals surface area contributed by atoms with Crippen molar-refractivity contribution in [1.82, 2.24) is 0 Å². The maximum atomic E-state index is 12.8. The average Bonchev–Trinajstić information content (AvgIpc) is 2.04. The van der Waals surface area contributed by atoms with Crippen LogP contribution in [0.25, 0.3) is 0 Å². The van der Waals surface area contributed by atoms with Crippen molar-refractivity contribution in [1.29, 1.82) is 0 Å². The van der Waals surface area contributed by atoms with Crippen LogP contribution in [0, 0.1) is 5.92 Å². The van der Waals surface area contributed by atoms with Crippen molar-refractivity contribution in [3.8, 4) is 0 Å². The van der Waals surface area contributed by atoms with E-state index in [0.29, 0.717) is 6.54 Å². The molecule has 0 aliphatic heterocycles. The van der Waals surface area contributed by atoms with E-state index in [1.54, 1.807) is 0 Å². The van der Waals surface area contributed by atoms with Gasteiger partial charge in [-0.2, -0.15) is 0 Å². The molecule has 0 aromatic heterocycles. The summed E-state index contributed by atoms with van der Waals surface area (Å²) in [6.07, 6.45) is -0.101. The fraction of sp³-hybridized carbons (Fsp3) is 0.750. The fourth-order valence-electron chi connectivity index (χ4n) is 0.842. The molecule has 0 spiro atoms. The Kier molecular flexibility index (Phi) is 5.89. The van der Waals surface area contributed by atoms with Crippen LogP contribution < -0.4 is 0 Å². The van der Waals surface area contributed by atoms with Crippen molar-refractivity contribution in [2.75, 3.05) is 6.54 Å². The van der Waals surface area contributed by atoms with Crippen molar-refractivity contribution in [3.05, 3.63) is 0 Å². The minimum Gasteiger partial charge on any atom is -0.256 e. The van der Waals surface area contributed by atoms with Gasteiger partial charge in [0.05, 0.1) is 0 Å². The van der Waals surface area contributed by atoms with E-state index in [9.17, 15) is 4.39 Å². The van der Waals surface area contributed by atoms with Crippen LogP contribution in [0.15, 0.2) is 9.98 Å². The molecule has 70 valence electrons. The fourth-order valence-corrected chi connectivity index (χ4v) is 0.911. The quantitative estimate of drug-likeness (QED) is 0.372. The second kappa shape index (κ2) is 6.12. The van der Waals surface area contributed by atoms with Gasteiger partial charge in [0.15, 0.2) is 0 Å². The molecule has 0 N–H and O–H groups in total. The molecular formula is C8H14ClFN2. The lowest BCUT2D eigenvalue weighted by molar-refractivity contribution is 0.248. The van der Waals surface area contributed by atoms with Crippen LogP contribution in [0.1, 0.15) is 20.3 Å².